The number of fused-ring (bicyclic) bond motifs is 1. The number of nitro groups is 1. The molecule has 1 N–H and O–H groups in total. The van der Waals surface area contributed by atoms with Crippen molar-refractivity contribution < 1.29 is 9.66 Å². The maximum atomic E-state index is 10.8. The van der Waals surface area contributed by atoms with Gasteiger partial charge in [-0.05, 0) is 23.1 Å². The third kappa shape index (κ3) is 3.32. The van der Waals surface area contributed by atoms with E-state index in [1.54, 1.807) is 12.1 Å². The van der Waals surface area contributed by atoms with Crippen LogP contribution in [0.1, 0.15) is 22.8 Å². The van der Waals surface area contributed by atoms with Crippen LogP contribution in [0.15, 0.2) is 48.5 Å². The van der Waals surface area contributed by atoms with E-state index in [0.717, 1.165) is 18.6 Å². The number of rotatable bonds is 5. The summed E-state index contributed by atoms with van der Waals surface area (Å²) in [5, 5.41) is 14.1. The molecule has 0 saturated heterocycles. The molecule has 2 aromatic carbocycles. The summed E-state index contributed by atoms with van der Waals surface area (Å²) < 4.78 is 5.83. The SMILES string of the molecule is O=[N+]([O-])c1cccc(CNCC2OCCc3ccccc32)c1. The molecule has 3 rings (SSSR count). The molecule has 2 aromatic rings. The summed E-state index contributed by atoms with van der Waals surface area (Å²) in [5.41, 5.74) is 3.60. The van der Waals surface area contributed by atoms with E-state index in [4.69, 9.17) is 4.74 Å². The molecule has 0 bridgehead atoms. The van der Waals surface area contributed by atoms with E-state index in [-0.39, 0.29) is 16.7 Å². The van der Waals surface area contributed by atoms with Crippen LogP contribution in [-0.2, 0) is 17.7 Å². The van der Waals surface area contributed by atoms with Crippen LogP contribution < -0.4 is 5.32 Å². The molecule has 0 spiro atoms. The highest BCUT2D eigenvalue weighted by atomic mass is 16.6. The lowest BCUT2D eigenvalue weighted by atomic mass is 9.97. The smallest absolute Gasteiger partial charge is 0.269 e. The minimum absolute atomic E-state index is 0.0450. The Hall–Kier alpha value is -2.24. The van der Waals surface area contributed by atoms with E-state index in [1.165, 1.54) is 17.2 Å². The van der Waals surface area contributed by atoms with Gasteiger partial charge < -0.3 is 10.1 Å². The van der Waals surface area contributed by atoms with Gasteiger partial charge in [0.25, 0.3) is 5.69 Å². The molecule has 1 aliphatic rings. The van der Waals surface area contributed by atoms with Gasteiger partial charge >= 0.3 is 0 Å². The van der Waals surface area contributed by atoms with Gasteiger partial charge in [0.1, 0.15) is 0 Å². The Balaban J connectivity index is 1.60. The average Bonchev–Trinajstić information content (AvgIpc) is 2.55. The zero-order valence-corrected chi connectivity index (χ0v) is 12.2. The zero-order valence-electron chi connectivity index (χ0n) is 12.2. The summed E-state index contributed by atoms with van der Waals surface area (Å²) >= 11 is 0. The normalized spacial score (nSPS) is 17.0. The molecule has 0 saturated carbocycles. The van der Waals surface area contributed by atoms with Crippen LogP contribution in [0.3, 0.4) is 0 Å². The lowest BCUT2D eigenvalue weighted by Gasteiger charge is -2.26. The summed E-state index contributed by atoms with van der Waals surface area (Å²) in [6, 6.07) is 15.0. The minimum Gasteiger partial charge on any atom is -0.372 e. The Bertz CT molecular complexity index is 672. The molecule has 0 radical (unpaired) electrons. The fourth-order valence-electron chi connectivity index (χ4n) is 2.77. The van der Waals surface area contributed by atoms with E-state index >= 15 is 0 Å². The zero-order chi connectivity index (χ0) is 15.4. The number of nitrogens with zero attached hydrogens (tertiary/aromatic N) is 1. The second-order valence-electron chi connectivity index (χ2n) is 5.37. The highest BCUT2D eigenvalue weighted by Gasteiger charge is 2.19. The van der Waals surface area contributed by atoms with Gasteiger partial charge in [-0.15, -0.1) is 0 Å². The van der Waals surface area contributed by atoms with Crippen LogP contribution in [0, 0.1) is 10.1 Å². The van der Waals surface area contributed by atoms with Gasteiger partial charge in [0.15, 0.2) is 0 Å². The highest BCUT2D eigenvalue weighted by Crippen LogP contribution is 2.26. The number of hydrogen-bond acceptors (Lipinski definition) is 4. The molecule has 0 amide bonds. The largest absolute Gasteiger partial charge is 0.372 e. The van der Waals surface area contributed by atoms with Gasteiger partial charge in [0, 0.05) is 25.2 Å². The van der Waals surface area contributed by atoms with Crippen molar-refractivity contribution >= 4 is 5.69 Å². The first-order chi connectivity index (χ1) is 10.7. The number of hydrogen-bond donors (Lipinski definition) is 1. The van der Waals surface area contributed by atoms with Crippen LogP contribution >= 0.6 is 0 Å². The lowest BCUT2D eigenvalue weighted by Crippen LogP contribution is -2.27. The van der Waals surface area contributed by atoms with Crippen molar-refractivity contribution in [3.8, 4) is 0 Å². The van der Waals surface area contributed by atoms with Crippen LogP contribution in [-0.4, -0.2) is 18.1 Å². The first kappa shape index (κ1) is 14.7. The highest BCUT2D eigenvalue weighted by molar-refractivity contribution is 5.34. The van der Waals surface area contributed by atoms with E-state index in [1.807, 2.05) is 12.1 Å². The van der Waals surface area contributed by atoms with Crippen LogP contribution in [0.25, 0.3) is 0 Å². The molecule has 0 aromatic heterocycles. The Morgan fingerprint density at radius 2 is 2.09 bits per heavy atom. The molecule has 5 nitrogen and oxygen atoms in total. The van der Waals surface area contributed by atoms with Gasteiger partial charge in [-0.25, -0.2) is 0 Å². The topological polar surface area (TPSA) is 64.4 Å². The van der Waals surface area contributed by atoms with Crippen LogP contribution in [0.5, 0.6) is 0 Å². The third-order valence-electron chi connectivity index (χ3n) is 3.87. The Morgan fingerprint density at radius 1 is 1.23 bits per heavy atom. The molecule has 114 valence electrons. The van der Waals surface area contributed by atoms with Crippen molar-refractivity contribution in [2.75, 3.05) is 13.2 Å². The standard InChI is InChI=1S/C17H18N2O3/c20-19(21)15-6-3-4-13(10-15)11-18-12-17-16-7-2-1-5-14(16)8-9-22-17/h1-7,10,17-18H,8-9,11-12H2. The summed E-state index contributed by atoms with van der Waals surface area (Å²) in [7, 11) is 0. The summed E-state index contributed by atoms with van der Waals surface area (Å²) in [6.45, 7) is 2.02. The molecule has 0 aliphatic carbocycles. The maximum absolute atomic E-state index is 10.8. The maximum Gasteiger partial charge on any atom is 0.269 e. The molecule has 0 fully saturated rings. The molecule has 1 aliphatic heterocycles. The molecule has 22 heavy (non-hydrogen) atoms. The van der Waals surface area contributed by atoms with Crippen molar-refractivity contribution in [2.24, 2.45) is 0 Å². The first-order valence-corrected chi connectivity index (χ1v) is 7.37. The monoisotopic (exact) mass is 298 g/mol. The predicted molar refractivity (Wildman–Crippen MR) is 83.6 cm³/mol. The minimum atomic E-state index is -0.371. The van der Waals surface area contributed by atoms with Gasteiger partial charge in [0.2, 0.25) is 0 Å². The van der Waals surface area contributed by atoms with Gasteiger partial charge in [-0.3, -0.25) is 10.1 Å². The van der Waals surface area contributed by atoms with E-state index in [0.29, 0.717) is 13.1 Å². The Morgan fingerprint density at radius 3 is 2.95 bits per heavy atom. The van der Waals surface area contributed by atoms with Gasteiger partial charge in [-0.1, -0.05) is 36.4 Å². The van der Waals surface area contributed by atoms with E-state index in [2.05, 4.69) is 23.5 Å². The van der Waals surface area contributed by atoms with Crippen LogP contribution in [0.2, 0.25) is 0 Å². The fraction of sp³-hybridized carbons (Fsp3) is 0.294. The molecular formula is C17H18N2O3. The van der Waals surface area contributed by atoms with Crippen molar-refractivity contribution in [1.82, 2.24) is 5.32 Å². The second kappa shape index (κ2) is 6.68. The number of nitro benzene ring substituents is 1. The summed E-state index contributed by atoms with van der Waals surface area (Å²) in [4.78, 5) is 10.4. The molecule has 1 heterocycles. The number of non-ortho nitro benzene ring substituents is 1. The summed E-state index contributed by atoms with van der Waals surface area (Å²) in [6.07, 6.45) is 1.00. The van der Waals surface area contributed by atoms with E-state index in [9.17, 15) is 10.1 Å². The third-order valence-corrected chi connectivity index (χ3v) is 3.87. The molecular weight excluding hydrogens is 280 g/mol. The second-order valence-corrected chi connectivity index (χ2v) is 5.37. The number of benzene rings is 2. The first-order valence-electron chi connectivity index (χ1n) is 7.37. The molecule has 5 heteroatoms. The Labute approximate surface area is 129 Å². The Kier molecular flexibility index (Phi) is 4.46. The van der Waals surface area contributed by atoms with Gasteiger partial charge in [-0.2, -0.15) is 0 Å². The van der Waals surface area contributed by atoms with Crippen molar-refractivity contribution in [3.63, 3.8) is 0 Å². The van der Waals surface area contributed by atoms with E-state index < -0.39 is 0 Å². The van der Waals surface area contributed by atoms with Crippen molar-refractivity contribution in [3.05, 3.63) is 75.3 Å². The van der Waals surface area contributed by atoms with Gasteiger partial charge in [0.05, 0.1) is 17.6 Å². The average molecular weight is 298 g/mol. The predicted octanol–water partition coefficient (Wildman–Crippen LogP) is 3.00. The fourth-order valence-corrected chi connectivity index (χ4v) is 2.77. The summed E-state index contributed by atoms with van der Waals surface area (Å²) in [5.74, 6) is 0. The lowest BCUT2D eigenvalue weighted by molar-refractivity contribution is -0.384. The number of nitrogens with one attached hydrogen (secondary N) is 1. The van der Waals surface area contributed by atoms with Crippen molar-refractivity contribution in [2.45, 2.75) is 19.1 Å². The number of ether oxygens (including phenoxy) is 1. The molecule has 1 atom stereocenters. The van der Waals surface area contributed by atoms with Crippen LogP contribution in [0.4, 0.5) is 5.69 Å². The van der Waals surface area contributed by atoms with Crippen molar-refractivity contribution in [1.29, 1.82) is 0 Å². The quantitative estimate of drug-likeness (QED) is 0.681. The molecule has 1 unspecified atom stereocenters.